The van der Waals surface area contributed by atoms with Gasteiger partial charge in [-0.25, -0.2) is 0 Å². The molecule has 1 rings (SSSR count). The minimum Gasteiger partial charge on any atom is -0.491 e. The van der Waals surface area contributed by atoms with Gasteiger partial charge in [-0.3, -0.25) is 0 Å². The molecule has 1 aromatic carbocycles. The van der Waals surface area contributed by atoms with Crippen molar-refractivity contribution < 1.29 is 9.47 Å². The number of nitrogens with two attached hydrogens (primary N) is 1. The molecule has 0 aromatic heterocycles. The third-order valence-electron chi connectivity index (χ3n) is 3.27. The fourth-order valence-corrected chi connectivity index (χ4v) is 1.86. The Hall–Kier alpha value is -1.06. The van der Waals surface area contributed by atoms with Crippen LogP contribution in [-0.2, 0) is 4.74 Å². The predicted molar refractivity (Wildman–Crippen MR) is 79.5 cm³/mol. The predicted octanol–water partition coefficient (Wildman–Crippen LogP) is 3.68. The van der Waals surface area contributed by atoms with E-state index in [9.17, 15) is 0 Å². The first-order valence-corrected chi connectivity index (χ1v) is 6.91. The van der Waals surface area contributed by atoms with Gasteiger partial charge in [-0.1, -0.05) is 12.1 Å². The first kappa shape index (κ1) is 16.0. The van der Waals surface area contributed by atoms with Crippen LogP contribution in [-0.4, -0.2) is 18.8 Å². The van der Waals surface area contributed by atoms with Gasteiger partial charge in [0.05, 0.1) is 11.7 Å². The van der Waals surface area contributed by atoms with Crippen LogP contribution in [0.3, 0.4) is 0 Å². The summed E-state index contributed by atoms with van der Waals surface area (Å²) in [6.07, 6.45) is 2.00. The van der Waals surface area contributed by atoms with Crippen molar-refractivity contribution in [2.75, 3.05) is 7.11 Å². The molecule has 1 aromatic rings. The largest absolute Gasteiger partial charge is 0.491 e. The van der Waals surface area contributed by atoms with Gasteiger partial charge in [-0.15, -0.1) is 0 Å². The molecule has 1 atom stereocenters. The van der Waals surface area contributed by atoms with Crippen LogP contribution >= 0.6 is 0 Å². The molecular weight excluding hydrogens is 238 g/mol. The van der Waals surface area contributed by atoms with E-state index in [1.165, 1.54) is 0 Å². The minimum atomic E-state index is -0.121. The van der Waals surface area contributed by atoms with Crippen molar-refractivity contribution in [2.45, 2.75) is 58.3 Å². The Morgan fingerprint density at radius 1 is 1.26 bits per heavy atom. The maximum Gasteiger partial charge on any atom is 0.120 e. The van der Waals surface area contributed by atoms with Crippen molar-refractivity contribution in [3.05, 3.63) is 29.8 Å². The van der Waals surface area contributed by atoms with Crippen molar-refractivity contribution in [1.82, 2.24) is 0 Å². The molecule has 0 radical (unpaired) electrons. The molecular formula is C16H27NO2. The lowest BCUT2D eigenvalue weighted by Gasteiger charge is -2.24. The zero-order valence-corrected chi connectivity index (χ0v) is 12.8. The van der Waals surface area contributed by atoms with E-state index in [2.05, 4.69) is 19.9 Å². The van der Waals surface area contributed by atoms with Crippen molar-refractivity contribution in [3.63, 3.8) is 0 Å². The summed E-state index contributed by atoms with van der Waals surface area (Å²) in [5, 5.41) is 0. The van der Waals surface area contributed by atoms with Gasteiger partial charge in [0.2, 0.25) is 0 Å². The minimum absolute atomic E-state index is 0.0186. The summed E-state index contributed by atoms with van der Waals surface area (Å²) in [5.74, 6) is 0.883. The van der Waals surface area contributed by atoms with Gasteiger partial charge in [0, 0.05) is 13.2 Å². The van der Waals surface area contributed by atoms with E-state index >= 15 is 0 Å². The fourth-order valence-electron chi connectivity index (χ4n) is 1.86. The first-order valence-electron chi connectivity index (χ1n) is 6.91. The van der Waals surface area contributed by atoms with Crippen LogP contribution in [0, 0.1) is 0 Å². The lowest BCUT2D eigenvalue weighted by molar-refractivity contribution is 0.0125. The van der Waals surface area contributed by atoms with E-state index in [0.717, 1.165) is 24.2 Å². The molecule has 0 aliphatic carbocycles. The average molecular weight is 265 g/mol. The van der Waals surface area contributed by atoms with Gasteiger partial charge in [-0.2, -0.15) is 0 Å². The zero-order valence-electron chi connectivity index (χ0n) is 12.8. The second-order valence-corrected chi connectivity index (χ2v) is 5.85. The van der Waals surface area contributed by atoms with Gasteiger partial charge in [0.25, 0.3) is 0 Å². The fraction of sp³-hybridized carbons (Fsp3) is 0.625. The van der Waals surface area contributed by atoms with Crippen LogP contribution in [0.1, 0.15) is 52.1 Å². The summed E-state index contributed by atoms with van der Waals surface area (Å²) in [4.78, 5) is 0. The smallest absolute Gasteiger partial charge is 0.120 e. The maximum absolute atomic E-state index is 6.25. The molecule has 0 heterocycles. The lowest BCUT2D eigenvalue weighted by atomic mass is 9.95. The molecule has 19 heavy (non-hydrogen) atoms. The summed E-state index contributed by atoms with van der Waals surface area (Å²) in [6.45, 7) is 8.21. The molecule has 0 aliphatic rings. The van der Waals surface area contributed by atoms with E-state index < -0.39 is 0 Å². The van der Waals surface area contributed by atoms with Crippen LogP contribution < -0.4 is 10.5 Å². The number of rotatable bonds is 7. The summed E-state index contributed by atoms with van der Waals surface area (Å²) in [7, 11) is 1.74. The van der Waals surface area contributed by atoms with E-state index in [1.807, 2.05) is 32.0 Å². The SMILES string of the molecule is COC(C)(C)CCC(N)c1cccc(OC(C)C)c1. The monoisotopic (exact) mass is 265 g/mol. The van der Waals surface area contributed by atoms with Crippen LogP contribution in [0.2, 0.25) is 0 Å². The van der Waals surface area contributed by atoms with E-state index in [4.69, 9.17) is 15.2 Å². The van der Waals surface area contributed by atoms with Crippen LogP contribution in [0.25, 0.3) is 0 Å². The van der Waals surface area contributed by atoms with Crippen LogP contribution in [0.5, 0.6) is 5.75 Å². The zero-order chi connectivity index (χ0) is 14.5. The maximum atomic E-state index is 6.25. The molecule has 0 fully saturated rings. The Kier molecular flexibility index (Phi) is 5.83. The summed E-state index contributed by atoms with van der Waals surface area (Å²) >= 11 is 0. The molecule has 3 heteroatoms. The van der Waals surface area contributed by atoms with Crippen molar-refractivity contribution >= 4 is 0 Å². The van der Waals surface area contributed by atoms with Gasteiger partial charge in [0.15, 0.2) is 0 Å². The van der Waals surface area contributed by atoms with Crippen LogP contribution in [0.4, 0.5) is 0 Å². The van der Waals surface area contributed by atoms with E-state index in [1.54, 1.807) is 7.11 Å². The molecule has 2 N–H and O–H groups in total. The Morgan fingerprint density at radius 3 is 2.53 bits per heavy atom. The molecule has 0 aliphatic heterocycles. The first-order chi connectivity index (χ1) is 8.84. The molecule has 0 spiro atoms. The van der Waals surface area contributed by atoms with Crippen molar-refractivity contribution in [1.29, 1.82) is 0 Å². The molecule has 108 valence electrons. The van der Waals surface area contributed by atoms with Gasteiger partial charge >= 0.3 is 0 Å². The number of ether oxygens (including phenoxy) is 2. The van der Waals surface area contributed by atoms with Crippen molar-refractivity contribution in [3.8, 4) is 5.75 Å². The number of hydrogen-bond acceptors (Lipinski definition) is 3. The molecule has 0 amide bonds. The quantitative estimate of drug-likeness (QED) is 0.818. The standard InChI is InChI=1S/C16H27NO2/c1-12(2)19-14-8-6-7-13(11-14)15(17)9-10-16(3,4)18-5/h6-8,11-12,15H,9-10,17H2,1-5H3. The summed E-state index contributed by atoms with van der Waals surface area (Å²) in [5.41, 5.74) is 7.24. The molecule has 0 bridgehead atoms. The summed E-state index contributed by atoms with van der Waals surface area (Å²) < 4.78 is 11.1. The Bertz CT molecular complexity index is 388. The van der Waals surface area contributed by atoms with Gasteiger partial charge in [-0.05, 0) is 58.2 Å². The van der Waals surface area contributed by atoms with Crippen molar-refractivity contribution in [2.24, 2.45) is 5.73 Å². The highest BCUT2D eigenvalue weighted by atomic mass is 16.5. The Morgan fingerprint density at radius 2 is 1.95 bits per heavy atom. The third-order valence-corrected chi connectivity index (χ3v) is 3.27. The molecule has 3 nitrogen and oxygen atoms in total. The normalized spacial score (nSPS) is 13.6. The Labute approximate surface area is 117 Å². The third kappa shape index (κ3) is 5.62. The highest BCUT2D eigenvalue weighted by Gasteiger charge is 2.18. The van der Waals surface area contributed by atoms with E-state index in [0.29, 0.717) is 0 Å². The molecule has 0 saturated heterocycles. The van der Waals surface area contributed by atoms with Crippen LogP contribution in [0.15, 0.2) is 24.3 Å². The average Bonchev–Trinajstić information content (AvgIpc) is 2.35. The number of hydrogen-bond donors (Lipinski definition) is 1. The topological polar surface area (TPSA) is 44.5 Å². The van der Waals surface area contributed by atoms with Gasteiger partial charge < -0.3 is 15.2 Å². The second kappa shape index (κ2) is 6.92. The second-order valence-electron chi connectivity index (χ2n) is 5.85. The highest BCUT2D eigenvalue weighted by molar-refractivity contribution is 5.30. The number of methoxy groups -OCH3 is 1. The summed E-state index contributed by atoms with van der Waals surface area (Å²) in [6, 6.07) is 8.07. The van der Waals surface area contributed by atoms with E-state index in [-0.39, 0.29) is 17.7 Å². The lowest BCUT2D eigenvalue weighted by Crippen LogP contribution is -2.24. The number of benzene rings is 1. The highest BCUT2D eigenvalue weighted by Crippen LogP contribution is 2.25. The van der Waals surface area contributed by atoms with Gasteiger partial charge in [0.1, 0.15) is 5.75 Å². The molecule has 0 saturated carbocycles. The Balaban J connectivity index is 2.64. The molecule has 1 unspecified atom stereocenters.